The van der Waals surface area contributed by atoms with Gasteiger partial charge in [-0.15, -0.1) is 5.10 Å². The van der Waals surface area contributed by atoms with Gasteiger partial charge in [-0.25, -0.2) is 10.1 Å². The first-order valence-electron chi connectivity index (χ1n) is 7.64. The average molecular weight is 339 g/mol. The molecule has 0 bridgehead atoms. The van der Waals surface area contributed by atoms with E-state index >= 15 is 0 Å². The summed E-state index contributed by atoms with van der Waals surface area (Å²) in [6.07, 6.45) is 1.70. The molecule has 0 radical (unpaired) electrons. The lowest BCUT2D eigenvalue weighted by Crippen LogP contribution is -2.19. The molecule has 0 saturated carbocycles. The molecule has 3 aromatic rings. The van der Waals surface area contributed by atoms with E-state index in [9.17, 15) is 9.90 Å². The third-order valence-electron chi connectivity index (χ3n) is 3.58. The van der Waals surface area contributed by atoms with Crippen molar-refractivity contribution in [1.82, 2.24) is 20.4 Å². The van der Waals surface area contributed by atoms with E-state index in [1.165, 1.54) is 19.4 Å². The summed E-state index contributed by atoms with van der Waals surface area (Å²) >= 11 is 0. The maximum Gasteiger partial charge on any atom is 0.241 e. The summed E-state index contributed by atoms with van der Waals surface area (Å²) in [5, 5.41) is 21.5. The lowest BCUT2D eigenvalue weighted by atomic mass is 10.2. The monoisotopic (exact) mass is 339 g/mol. The lowest BCUT2D eigenvalue weighted by molar-refractivity contribution is -0.121. The highest BCUT2D eigenvalue weighted by molar-refractivity contribution is 5.83. The van der Waals surface area contributed by atoms with Crippen molar-refractivity contribution in [1.29, 1.82) is 0 Å². The number of ether oxygens (including phenoxy) is 1. The van der Waals surface area contributed by atoms with E-state index in [0.29, 0.717) is 17.9 Å². The molecule has 0 atom stereocenters. The number of benzene rings is 2. The van der Waals surface area contributed by atoms with E-state index in [1.807, 2.05) is 24.3 Å². The second-order valence-electron chi connectivity index (χ2n) is 5.28. The number of hydrogen-bond acceptors (Lipinski definition) is 6. The van der Waals surface area contributed by atoms with E-state index in [1.54, 1.807) is 16.8 Å². The first kappa shape index (κ1) is 16.4. The minimum absolute atomic E-state index is 0.0451. The fourth-order valence-electron chi connectivity index (χ4n) is 2.30. The number of amides is 1. The summed E-state index contributed by atoms with van der Waals surface area (Å²) in [5.41, 5.74) is 4.83. The summed E-state index contributed by atoms with van der Waals surface area (Å²) < 4.78 is 6.70. The maximum atomic E-state index is 11.9. The Kier molecular flexibility index (Phi) is 4.89. The third kappa shape index (κ3) is 3.92. The minimum Gasteiger partial charge on any atom is -0.504 e. The molecule has 0 aliphatic heterocycles. The largest absolute Gasteiger partial charge is 0.504 e. The average Bonchev–Trinajstić information content (AvgIpc) is 3.04. The smallest absolute Gasteiger partial charge is 0.241 e. The Labute approximate surface area is 143 Å². The fourth-order valence-corrected chi connectivity index (χ4v) is 2.30. The van der Waals surface area contributed by atoms with Gasteiger partial charge >= 0.3 is 0 Å². The van der Waals surface area contributed by atoms with Gasteiger partial charge in [0.15, 0.2) is 11.5 Å². The quantitative estimate of drug-likeness (QED) is 0.525. The third-order valence-corrected chi connectivity index (χ3v) is 3.58. The number of nitrogens with zero attached hydrogens (tertiary/aromatic N) is 4. The van der Waals surface area contributed by atoms with Crippen LogP contribution in [0.4, 0.5) is 0 Å². The first-order valence-corrected chi connectivity index (χ1v) is 7.64. The van der Waals surface area contributed by atoms with E-state index in [2.05, 4.69) is 20.8 Å². The summed E-state index contributed by atoms with van der Waals surface area (Å²) in [7, 11) is 1.46. The van der Waals surface area contributed by atoms with Crippen molar-refractivity contribution in [2.24, 2.45) is 5.10 Å². The number of carbonyl (C=O) groups excluding carboxylic acids is 1. The standard InChI is InChI=1S/C17H17N5O3/c1-25-16-10-12(6-7-15(16)23)11-18-20-17(24)8-9-22-14-5-3-2-4-13(14)19-21-22/h2-7,10-11,23H,8-9H2,1H3,(H,20,24). The predicted molar refractivity (Wildman–Crippen MR) is 92.5 cm³/mol. The number of aryl methyl sites for hydroxylation is 1. The number of carbonyl (C=O) groups is 1. The van der Waals surface area contributed by atoms with Crippen LogP contribution in [0.15, 0.2) is 47.6 Å². The van der Waals surface area contributed by atoms with Gasteiger partial charge < -0.3 is 9.84 Å². The number of methoxy groups -OCH3 is 1. The van der Waals surface area contributed by atoms with E-state index in [0.717, 1.165) is 11.0 Å². The van der Waals surface area contributed by atoms with Gasteiger partial charge in [-0.3, -0.25) is 4.79 Å². The normalized spacial score (nSPS) is 11.1. The molecule has 1 aromatic heterocycles. The van der Waals surface area contributed by atoms with Crippen molar-refractivity contribution in [2.45, 2.75) is 13.0 Å². The molecule has 2 aromatic carbocycles. The zero-order chi connectivity index (χ0) is 17.6. The molecule has 8 nitrogen and oxygen atoms in total. The SMILES string of the molecule is COc1cc(C=NNC(=O)CCn2nnc3ccccc32)ccc1O. The van der Waals surface area contributed by atoms with Gasteiger partial charge in [0.25, 0.3) is 0 Å². The molecule has 0 fully saturated rings. The van der Waals surface area contributed by atoms with Crippen molar-refractivity contribution in [3.63, 3.8) is 0 Å². The Hall–Kier alpha value is -3.42. The Morgan fingerprint density at radius 2 is 2.20 bits per heavy atom. The van der Waals surface area contributed by atoms with Gasteiger partial charge in [-0.05, 0) is 35.9 Å². The molecule has 0 unspecified atom stereocenters. The Morgan fingerprint density at radius 1 is 1.36 bits per heavy atom. The molecule has 0 aliphatic rings. The molecule has 1 amide bonds. The second-order valence-corrected chi connectivity index (χ2v) is 5.28. The van der Waals surface area contributed by atoms with Crippen LogP contribution in [0.3, 0.4) is 0 Å². The number of aromatic nitrogens is 3. The fraction of sp³-hybridized carbons (Fsp3) is 0.176. The van der Waals surface area contributed by atoms with Gasteiger partial charge in [-0.2, -0.15) is 5.10 Å². The van der Waals surface area contributed by atoms with Crippen molar-refractivity contribution < 1.29 is 14.6 Å². The highest BCUT2D eigenvalue weighted by Crippen LogP contribution is 2.25. The number of nitrogens with one attached hydrogen (secondary N) is 1. The van der Waals surface area contributed by atoms with Gasteiger partial charge in [0.2, 0.25) is 5.91 Å². The summed E-state index contributed by atoms with van der Waals surface area (Å²) in [4.78, 5) is 11.9. The number of phenolic OH excluding ortho intramolecular Hbond substituents is 1. The van der Waals surface area contributed by atoms with Crippen LogP contribution in [-0.4, -0.2) is 39.3 Å². The van der Waals surface area contributed by atoms with Crippen molar-refractivity contribution >= 4 is 23.2 Å². The molecule has 8 heteroatoms. The van der Waals surface area contributed by atoms with E-state index in [-0.39, 0.29) is 18.1 Å². The van der Waals surface area contributed by atoms with Gasteiger partial charge in [0.05, 0.1) is 25.4 Å². The topological polar surface area (TPSA) is 102 Å². The van der Waals surface area contributed by atoms with Crippen LogP contribution in [0.5, 0.6) is 11.5 Å². The second kappa shape index (κ2) is 7.43. The number of rotatable bonds is 6. The summed E-state index contributed by atoms with van der Waals surface area (Å²) in [5.74, 6) is 0.152. The maximum absolute atomic E-state index is 11.9. The van der Waals surface area contributed by atoms with Crippen LogP contribution in [0, 0.1) is 0 Å². The zero-order valence-electron chi connectivity index (χ0n) is 13.6. The molecule has 0 saturated heterocycles. The molecule has 128 valence electrons. The first-order chi connectivity index (χ1) is 12.2. The number of para-hydroxylation sites is 1. The number of fused-ring (bicyclic) bond motifs is 1. The molecule has 3 rings (SSSR count). The van der Waals surface area contributed by atoms with Crippen LogP contribution in [0.25, 0.3) is 11.0 Å². The molecule has 0 aliphatic carbocycles. The van der Waals surface area contributed by atoms with Gasteiger partial charge in [-0.1, -0.05) is 17.3 Å². The number of phenols is 1. The Bertz CT molecular complexity index is 920. The van der Waals surface area contributed by atoms with E-state index < -0.39 is 0 Å². The highest BCUT2D eigenvalue weighted by Gasteiger charge is 2.06. The number of hydrogen-bond donors (Lipinski definition) is 2. The molecule has 2 N–H and O–H groups in total. The van der Waals surface area contributed by atoms with Crippen LogP contribution >= 0.6 is 0 Å². The van der Waals surface area contributed by atoms with Crippen LogP contribution < -0.4 is 10.2 Å². The molecular formula is C17H17N5O3. The lowest BCUT2D eigenvalue weighted by Gasteiger charge is -2.04. The van der Waals surface area contributed by atoms with Crippen molar-refractivity contribution in [2.75, 3.05) is 7.11 Å². The Balaban J connectivity index is 1.54. The summed E-state index contributed by atoms with van der Waals surface area (Å²) in [6, 6.07) is 12.3. The molecular weight excluding hydrogens is 322 g/mol. The van der Waals surface area contributed by atoms with Crippen molar-refractivity contribution in [3.8, 4) is 11.5 Å². The minimum atomic E-state index is -0.235. The molecule has 1 heterocycles. The van der Waals surface area contributed by atoms with Gasteiger partial charge in [0.1, 0.15) is 5.52 Å². The van der Waals surface area contributed by atoms with E-state index in [4.69, 9.17) is 4.74 Å². The van der Waals surface area contributed by atoms with Gasteiger partial charge in [0, 0.05) is 6.42 Å². The number of aromatic hydroxyl groups is 1. The van der Waals surface area contributed by atoms with Crippen LogP contribution in [0.1, 0.15) is 12.0 Å². The highest BCUT2D eigenvalue weighted by atomic mass is 16.5. The zero-order valence-corrected chi connectivity index (χ0v) is 13.6. The number of hydrazone groups is 1. The predicted octanol–water partition coefficient (Wildman–Crippen LogP) is 1.69. The van der Waals surface area contributed by atoms with Crippen LogP contribution in [0.2, 0.25) is 0 Å². The molecule has 25 heavy (non-hydrogen) atoms. The Morgan fingerprint density at radius 3 is 3.04 bits per heavy atom. The van der Waals surface area contributed by atoms with Crippen LogP contribution in [-0.2, 0) is 11.3 Å². The van der Waals surface area contributed by atoms with Crippen molar-refractivity contribution in [3.05, 3.63) is 48.0 Å². The summed E-state index contributed by atoms with van der Waals surface area (Å²) in [6.45, 7) is 0.412. The molecule has 0 spiro atoms.